The minimum absolute atomic E-state index is 0.205. The predicted molar refractivity (Wildman–Crippen MR) is 84.7 cm³/mol. The molecule has 0 fully saturated rings. The van der Waals surface area contributed by atoms with Crippen LogP contribution in [-0.2, 0) is 11.2 Å². The Morgan fingerprint density at radius 3 is 2.45 bits per heavy atom. The summed E-state index contributed by atoms with van der Waals surface area (Å²) >= 11 is 0. The molecule has 0 saturated heterocycles. The second-order valence-corrected chi connectivity index (χ2v) is 5.87. The number of rotatable bonds is 3. The number of fused-ring (bicyclic) bond motifs is 3. The zero-order valence-electron chi connectivity index (χ0n) is 13.4. The van der Waals surface area contributed by atoms with Crippen LogP contribution in [0.1, 0.15) is 36.8 Å². The first-order valence-electron chi connectivity index (χ1n) is 7.76. The fourth-order valence-corrected chi connectivity index (χ4v) is 3.67. The summed E-state index contributed by atoms with van der Waals surface area (Å²) in [5, 5.41) is 0. The molecule has 1 unspecified atom stereocenters. The summed E-state index contributed by atoms with van der Waals surface area (Å²) in [6, 6.07) is 2.03. The van der Waals surface area contributed by atoms with Gasteiger partial charge in [-0.15, -0.1) is 0 Å². The number of carbonyl (C=O) groups is 1. The molecule has 0 heterocycles. The fourth-order valence-electron chi connectivity index (χ4n) is 3.67. The Balaban J connectivity index is 2.27. The van der Waals surface area contributed by atoms with Crippen LogP contribution in [0.25, 0.3) is 5.57 Å². The van der Waals surface area contributed by atoms with Gasteiger partial charge in [0.25, 0.3) is 0 Å². The van der Waals surface area contributed by atoms with Gasteiger partial charge in [0.15, 0.2) is 17.3 Å². The molecule has 0 bridgehead atoms. The summed E-state index contributed by atoms with van der Waals surface area (Å²) in [5.41, 5.74) is 3.33. The third-order valence-corrected chi connectivity index (χ3v) is 4.69. The fraction of sp³-hybridized carbons (Fsp3) is 0.500. The first-order chi connectivity index (χ1) is 10.7. The number of allylic oxidation sites excluding steroid dienone is 2. The smallest absolute Gasteiger partial charge is 0.203 e. The third-order valence-electron chi connectivity index (χ3n) is 4.69. The largest absolute Gasteiger partial charge is 0.493 e. The summed E-state index contributed by atoms with van der Waals surface area (Å²) in [7, 11) is 4.89. The van der Waals surface area contributed by atoms with Gasteiger partial charge in [0.1, 0.15) is 0 Å². The van der Waals surface area contributed by atoms with Crippen molar-refractivity contribution in [1.29, 1.82) is 0 Å². The number of hydrogen-bond acceptors (Lipinski definition) is 4. The molecule has 0 spiro atoms. The molecule has 2 aliphatic carbocycles. The average Bonchev–Trinajstić information content (AvgIpc) is 2.71. The van der Waals surface area contributed by atoms with Gasteiger partial charge in [0.2, 0.25) is 5.75 Å². The number of benzene rings is 1. The van der Waals surface area contributed by atoms with E-state index >= 15 is 0 Å². The molecule has 3 rings (SSSR count). The number of hydrogen-bond donors (Lipinski definition) is 0. The Labute approximate surface area is 131 Å². The molecular weight excluding hydrogens is 280 g/mol. The number of carbonyl (C=O) groups excluding carboxylic acids is 1. The third kappa shape index (κ3) is 2.36. The Kier molecular flexibility index (Phi) is 4.10. The quantitative estimate of drug-likeness (QED) is 0.858. The normalized spacial score (nSPS) is 20.4. The maximum Gasteiger partial charge on any atom is 0.203 e. The highest BCUT2D eigenvalue weighted by Gasteiger charge is 2.31. The lowest BCUT2D eigenvalue weighted by molar-refractivity contribution is -0.115. The van der Waals surface area contributed by atoms with Crippen LogP contribution in [0.15, 0.2) is 12.1 Å². The molecule has 1 aromatic rings. The van der Waals surface area contributed by atoms with E-state index in [9.17, 15) is 4.79 Å². The zero-order valence-corrected chi connectivity index (χ0v) is 13.4. The number of ketones is 1. The van der Waals surface area contributed by atoms with Gasteiger partial charge in [0, 0.05) is 12.0 Å². The van der Waals surface area contributed by atoms with E-state index in [1.807, 2.05) is 12.1 Å². The van der Waals surface area contributed by atoms with E-state index in [2.05, 4.69) is 0 Å². The van der Waals surface area contributed by atoms with Crippen LogP contribution in [0.3, 0.4) is 0 Å². The molecule has 0 aliphatic heterocycles. The second kappa shape index (κ2) is 6.03. The SMILES string of the molecule is COc1cc2c(c(OC)c1OC)C1=CC(=O)CCC1CCC2. The average molecular weight is 302 g/mol. The summed E-state index contributed by atoms with van der Waals surface area (Å²) in [6.45, 7) is 0. The molecule has 0 amide bonds. The van der Waals surface area contributed by atoms with Crippen molar-refractivity contribution in [3.05, 3.63) is 23.3 Å². The Morgan fingerprint density at radius 1 is 1.00 bits per heavy atom. The van der Waals surface area contributed by atoms with E-state index in [-0.39, 0.29) is 5.78 Å². The van der Waals surface area contributed by atoms with E-state index in [1.165, 1.54) is 5.56 Å². The van der Waals surface area contributed by atoms with Crippen molar-refractivity contribution in [2.45, 2.75) is 32.1 Å². The first kappa shape index (κ1) is 14.9. The van der Waals surface area contributed by atoms with E-state index in [1.54, 1.807) is 21.3 Å². The summed E-state index contributed by atoms with van der Waals surface area (Å²) in [6.07, 6.45) is 6.59. The topological polar surface area (TPSA) is 44.8 Å². The molecule has 4 heteroatoms. The summed E-state index contributed by atoms with van der Waals surface area (Å²) in [4.78, 5) is 11.9. The van der Waals surface area contributed by atoms with E-state index in [4.69, 9.17) is 14.2 Å². The minimum Gasteiger partial charge on any atom is -0.493 e. The number of ether oxygens (including phenoxy) is 3. The van der Waals surface area contributed by atoms with Crippen molar-refractivity contribution in [1.82, 2.24) is 0 Å². The van der Waals surface area contributed by atoms with Gasteiger partial charge in [0.05, 0.1) is 21.3 Å². The van der Waals surface area contributed by atoms with Gasteiger partial charge in [-0.3, -0.25) is 4.79 Å². The molecule has 0 radical (unpaired) electrons. The lowest BCUT2D eigenvalue weighted by atomic mass is 9.81. The van der Waals surface area contributed by atoms with Gasteiger partial charge in [-0.1, -0.05) is 0 Å². The molecule has 0 N–H and O–H groups in total. The van der Waals surface area contributed by atoms with Gasteiger partial charge in [-0.25, -0.2) is 0 Å². The zero-order chi connectivity index (χ0) is 15.7. The molecule has 2 aliphatic rings. The van der Waals surface area contributed by atoms with Crippen molar-refractivity contribution in [3.8, 4) is 17.2 Å². The molecule has 118 valence electrons. The molecule has 0 aromatic heterocycles. The van der Waals surface area contributed by atoms with Gasteiger partial charge >= 0.3 is 0 Å². The van der Waals surface area contributed by atoms with Crippen molar-refractivity contribution in [2.75, 3.05) is 21.3 Å². The highest BCUT2D eigenvalue weighted by molar-refractivity contribution is 6.00. The lowest BCUT2D eigenvalue weighted by Gasteiger charge is -2.25. The van der Waals surface area contributed by atoms with Crippen LogP contribution in [0, 0.1) is 5.92 Å². The monoisotopic (exact) mass is 302 g/mol. The van der Waals surface area contributed by atoms with Gasteiger partial charge in [-0.05, 0) is 54.9 Å². The molecular formula is C18H22O4. The van der Waals surface area contributed by atoms with Gasteiger partial charge in [-0.2, -0.15) is 0 Å². The standard InChI is InChI=1S/C18H22O4/c1-20-15-9-12-6-4-5-11-7-8-13(19)10-14(11)16(12)18(22-3)17(15)21-2/h9-11H,4-8H2,1-3H3. The van der Waals surface area contributed by atoms with Crippen LogP contribution in [0.4, 0.5) is 0 Å². The number of aryl methyl sites for hydroxylation is 1. The molecule has 0 saturated carbocycles. The molecule has 1 atom stereocenters. The van der Waals surface area contributed by atoms with Crippen LogP contribution < -0.4 is 14.2 Å². The molecule has 22 heavy (non-hydrogen) atoms. The highest BCUT2D eigenvalue weighted by atomic mass is 16.5. The number of methoxy groups -OCH3 is 3. The van der Waals surface area contributed by atoms with Crippen molar-refractivity contribution in [3.63, 3.8) is 0 Å². The lowest BCUT2D eigenvalue weighted by Crippen LogP contribution is -2.13. The van der Waals surface area contributed by atoms with Crippen molar-refractivity contribution >= 4 is 11.4 Å². The Bertz CT molecular complexity index is 630. The maximum atomic E-state index is 11.9. The molecule has 1 aromatic carbocycles. The summed E-state index contributed by atoms with van der Waals surface area (Å²) in [5.74, 6) is 2.61. The minimum atomic E-state index is 0.205. The van der Waals surface area contributed by atoms with Crippen LogP contribution in [-0.4, -0.2) is 27.1 Å². The summed E-state index contributed by atoms with van der Waals surface area (Å²) < 4.78 is 16.6. The second-order valence-electron chi connectivity index (χ2n) is 5.87. The van der Waals surface area contributed by atoms with Crippen molar-refractivity contribution < 1.29 is 19.0 Å². The maximum absolute atomic E-state index is 11.9. The highest BCUT2D eigenvalue weighted by Crippen LogP contribution is 2.50. The van der Waals surface area contributed by atoms with Crippen LogP contribution >= 0.6 is 0 Å². The van der Waals surface area contributed by atoms with Crippen molar-refractivity contribution in [2.24, 2.45) is 5.92 Å². The first-order valence-corrected chi connectivity index (χ1v) is 7.76. The van der Waals surface area contributed by atoms with Gasteiger partial charge < -0.3 is 14.2 Å². The molecule has 4 nitrogen and oxygen atoms in total. The van der Waals surface area contributed by atoms with Crippen LogP contribution in [0.5, 0.6) is 17.2 Å². The van der Waals surface area contributed by atoms with Crippen LogP contribution in [0.2, 0.25) is 0 Å². The Hall–Kier alpha value is -1.97. The van der Waals surface area contributed by atoms with E-state index < -0.39 is 0 Å². The Morgan fingerprint density at radius 2 is 1.77 bits per heavy atom. The van der Waals surface area contributed by atoms with E-state index in [0.29, 0.717) is 29.6 Å². The predicted octanol–water partition coefficient (Wildman–Crippen LogP) is 3.41. The van der Waals surface area contributed by atoms with E-state index in [0.717, 1.165) is 36.8 Å².